The number of benzene rings is 1. The van der Waals surface area contributed by atoms with Crippen molar-refractivity contribution in [3.63, 3.8) is 0 Å². The molecule has 2 fully saturated rings. The Balaban J connectivity index is 1.27. The summed E-state index contributed by atoms with van der Waals surface area (Å²) in [4.78, 5) is 11.6. The molecule has 0 unspecified atom stereocenters. The third-order valence-electron chi connectivity index (χ3n) is 6.13. The lowest BCUT2D eigenvalue weighted by molar-refractivity contribution is 0.0833. The first-order chi connectivity index (χ1) is 14.4. The second-order valence-corrected chi connectivity index (χ2v) is 7.94. The molecule has 5 heteroatoms. The molecule has 3 aromatic rings. The first kappa shape index (κ1) is 18.4. The van der Waals surface area contributed by atoms with Gasteiger partial charge in [0.1, 0.15) is 11.9 Å². The lowest BCUT2D eigenvalue weighted by atomic mass is 9.92. The molecule has 2 aliphatic heterocycles. The van der Waals surface area contributed by atoms with Gasteiger partial charge in [0.25, 0.3) is 0 Å². The maximum absolute atomic E-state index is 6.41. The zero-order valence-corrected chi connectivity index (χ0v) is 16.7. The van der Waals surface area contributed by atoms with Crippen molar-refractivity contribution in [3.8, 4) is 5.88 Å². The maximum atomic E-state index is 6.41. The van der Waals surface area contributed by atoms with Gasteiger partial charge < -0.3 is 14.4 Å². The summed E-state index contributed by atoms with van der Waals surface area (Å²) in [7, 11) is 0. The molecule has 0 N–H and O–H groups in total. The van der Waals surface area contributed by atoms with Gasteiger partial charge in [-0.15, -0.1) is 0 Å². The van der Waals surface area contributed by atoms with Gasteiger partial charge >= 0.3 is 0 Å². The summed E-state index contributed by atoms with van der Waals surface area (Å²) in [6.45, 7) is 3.56. The zero-order valence-electron chi connectivity index (χ0n) is 16.7. The highest BCUT2D eigenvalue weighted by atomic mass is 16.5. The third-order valence-corrected chi connectivity index (χ3v) is 6.13. The van der Waals surface area contributed by atoms with Crippen molar-refractivity contribution in [3.05, 3.63) is 60.4 Å². The summed E-state index contributed by atoms with van der Waals surface area (Å²) in [6.07, 6.45) is 8.01. The molecule has 0 amide bonds. The van der Waals surface area contributed by atoms with Gasteiger partial charge in [0, 0.05) is 62.5 Å². The molecule has 2 aromatic heterocycles. The van der Waals surface area contributed by atoms with E-state index >= 15 is 0 Å². The van der Waals surface area contributed by atoms with Gasteiger partial charge in [0.2, 0.25) is 5.88 Å². The fourth-order valence-electron chi connectivity index (χ4n) is 4.52. The molecule has 0 radical (unpaired) electrons. The van der Waals surface area contributed by atoms with Crippen LogP contribution in [0.3, 0.4) is 0 Å². The molecule has 0 aliphatic carbocycles. The highest BCUT2D eigenvalue weighted by Crippen LogP contribution is 2.34. The number of hydrogen-bond acceptors (Lipinski definition) is 5. The molecule has 1 aromatic carbocycles. The van der Waals surface area contributed by atoms with Crippen molar-refractivity contribution >= 4 is 16.6 Å². The summed E-state index contributed by atoms with van der Waals surface area (Å²) in [5.74, 6) is 2.40. The lowest BCUT2D eigenvalue weighted by Crippen LogP contribution is -2.39. The van der Waals surface area contributed by atoms with Crippen LogP contribution in [-0.2, 0) is 4.74 Å². The Morgan fingerprint density at radius 3 is 2.55 bits per heavy atom. The molecule has 5 rings (SSSR count). The van der Waals surface area contributed by atoms with Gasteiger partial charge in [-0.1, -0.05) is 30.3 Å². The number of ether oxygens (including phenoxy) is 2. The van der Waals surface area contributed by atoms with Crippen LogP contribution in [0.2, 0.25) is 0 Å². The van der Waals surface area contributed by atoms with Gasteiger partial charge in [0.15, 0.2) is 0 Å². The second kappa shape index (κ2) is 8.37. The molecule has 2 aliphatic rings. The van der Waals surface area contributed by atoms with Crippen LogP contribution in [0.4, 0.5) is 5.82 Å². The van der Waals surface area contributed by atoms with Crippen molar-refractivity contribution in [1.29, 1.82) is 0 Å². The van der Waals surface area contributed by atoms with Crippen molar-refractivity contribution in [1.82, 2.24) is 9.97 Å². The Morgan fingerprint density at radius 1 is 0.862 bits per heavy atom. The van der Waals surface area contributed by atoms with E-state index in [9.17, 15) is 0 Å². The van der Waals surface area contributed by atoms with Gasteiger partial charge in [-0.05, 0) is 36.3 Å². The highest BCUT2D eigenvalue weighted by molar-refractivity contribution is 5.92. The fraction of sp³-hybridized carbons (Fsp3) is 0.417. The number of fused-ring (bicyclic) bond motifs is 1. The van der Waals surface area contributed by atoms with Crippen LogP contribution < -0.4 is 9.64 Å². The number of piperidine rings is 1. The van der Waals surface area contributed by atoms with Gasteiger partial charge in [-0.2, -0.15) is 0 Å². The van der Waals surface area contributed by atoms with E-state index in [1.165, 1.54) is 16.3 Å². The normalized spacial score (nSPS) is 18.8. The molecule has 0 spiro atoms. The van der Waals surface area contributed by atoms with Gasteiger partial charge in [0.05, 0.1) is 0 Å². The van der Waals surface area contributed by atoms with E-state index < -0.39 is 0 Å². The first-order valence-electron chi connectivity index (χ1n) is 10.7. The largest absolute Gasteiger partial charge is 0.474 e. The van der Waals surface area contributed by atoms with E-state index in [4.69, 9.17) is 9.47 Å². The Kier molecular flexibility index (Phi) is 5.31. The monoisotopic (exact) mass is 389 g/mol. The molecule has 5 nitrogen and oxygen atoms in total. The Hall–Kier alpha value is -2.66. The molecule has 29 heavy (non-hydrogen) atoms. The predicted octanol–water partition coefficient (Wildman–Crippen LogP) is 4.57. The van der Waals surface area contributed by atoms with E-state index in [1.54, 1.807) is 0 Å². The Bertz CT molecular complexity index is 958. The lowest BCUT2D eigenvalue weighted by Gasteiger charge is -2.34. The van der Waals surface area contributed by atoms with Crippen molar-refractivity contribution < 1.29 is 9.47 Å². The van der Waals surface area contributed by atoms with E-state index in [0.29, 0.717) is 5.92 Å². The number of rotatable bonds is 4. The molecule has 0 atom stereocenters. The standard InChI is InChI=1S/C24H27N3O2/c1-2-5-21-18(4-1)7-13-25-23(21)27-14-8-20(9-15-27)29-24-22(6-3-12-26-24)19-10-16-28-17-11-19/h1-7,12-13,19-20H,8-11,14-17H2. The predicted molar refractivity (Wildman–Crippen MR) is 115 cm³/mol. The summed E-state index contributed by atoms with van der Waals surface area (Å²) in [5, 5.41) is 2.46. The topological polar surface area (TPSA) is 47.5 Å². The Labute approximate surface area is 171 Å². The maximum Gasteiger partial charge on any atom is 0.217 e. The highest BCUT2D eigenvalue weighted by Gasteiger charge is 2.26. The smallest absolute Gasteiger partial charge is 0.217 e. The average Bonchev–Trinajstić information content (AvgIpc) is 2.80. The van der Waals surface area contributed by atoms with E-state index in [0.717, 1.165) is 63.7 Å². The molecular formula is C24H27N3O2. The van der Waals surface area contributed by atoms with Crippen LogP contribution in [0.1, 0.15) is 37.2 Å². The number of hydrogen-bond donors (Lipinski definition) is 0. The van der Waals surface area contributed by atoms with E-state index in [-0.39, 0.29) is 6.10 Å². The summed E-state index contributed by atoms with van der Waals surface area (Å²) < 4.78 is 11.9. The van der Waals surface area contributed by atoms with Crippen molar-refractivity contribution in [2.45, 2.75) is 37.7 Å². The van der Waals surface area contributed by atoms with Crippen LogP contribution >= 0.6 is 0 Å². The van der Waals surface area contributed by atoms with Crippen LogP contribution in [0.5, 0.6) is 5.88 Å². The van der Waals surface area contributed by atoms with E-state index in [1.807, 2.05) is 18.5 Å². The summed E-state index contributed by atoms with van der Waals surface area (Å²) in [6, 6.07) is 14.7. The average molecular weight is 389 g/mol. The number of anilines is 1. The van der Waals surface area contributed by atoms with Crippen molar-refractivity contribution in [2.75, 3.05) is 31.2 Å². The molecule has 2 saturated heterocycles. The number of aromatic nitrogens is 2. The third kappa shape index (κ3) is 3.92. The van der Waals surface area contributed by atoms with Crippen LogP contribution in [0.25, 0.3) is 10.8 Å². The minimum Gasteiger partial charge on any atom is -0.474 e. The minimum atomic E-state index is 0.203. The number of nitrogens with zero attached hydrogens (tertiary/aromatic N) is 3. The minimum absolute atomic E-state index is 0.203. The Morgan fingerprint density at radius 2 is 1.69 bits per heavy atom. The molecule has 150 valence electrons. The first-order valence-corrected chi connectivity index (χ1v) is 10.7. The van der Waals surface area contributed by atoms with Crippen LogP contribution in [-0.4, -0.2) is 42.4 Å². The summed E-state index contributed by atoms with van der Waals surface area (Å²) >= 11 is 0. The van der Waals surface area contributed by atoms with Crippen LogP contribution in [0.15, 0.2) is 54.9 Å². The molecule has 0 saturated carbocycles. The second-order valence-electron chi connectivity index (χ2n) is 7.94. The molecule has 4 heterocycles. The SMILES string of the molecule is c1cnc(OC2CCN(c3nccc4ccccc34)CC2)c(C2CCOCC2)c1. The molecule has 0 bridgehead atoms. The van der Waals surface area contributed by atoms with Crippen molar-refractivity contribution in [2.24, 2.45) is 0 Å². The molecular weight excluding hydrogens is 362 g/mol. The number of pyridine rings is 2. The van der Waals surface area contributed by atoms with E-state index in [2.05, 4.69) is 51.3 Å². The zero-order chi connectivity index (χ0) is 19.5. The van der Waals surface area contributed by atoms with Gasteiger partial charge in [-0.25, -0.2) is 9.97 Å². The fourth-order valence-corrected chi connectivity index (χ4v) is 4.52. The van der Waals surface area contributed by atoms with Gasteiger partial charge in [-0.3, -0.25) is 0 Å². The van der Waals surface area contributed by atoms with Crippen LogP contribution in [0, 0.1) is 0 Å². The summed E-state index contributed by atoms with van der Waals surface area (Å²) in [5.41, 5.74) is 1.24. The quantitative estimate of drug-likeness (QED) is 0.654.